The first-order valence-electron chi connectivity index (χ1n) is 10.7. The highest BCUT2D eigenvalue weighted by molar-refractivity contribution is 5.78. The van der Waals surface area contributed by atoms with E-state index in [1.165, 1.54) is 0 Å². The minimum atomic E-state index is -0.291. The Morgan fingerprint density at radius 1 is 1.28 bits per heavy atom. The van der Waals surface area contributed by atoms with Gasteiger partial charge in [0.05, 0.1) is 19.0 Å². The van der Waals surface area contributed by atoms with E-state index in [0.717, 1.165) is 37.0 Å². The monoisotopic (exact) mass is 396 g/mol. The predicted molar refractivity (Wildman–Crippen MR) is 113 cm³/mol. The number of para-hydroxylation sites is 1. The van der Waals surface area contributed by atoms with E-state index in [0.29, 0.717) is 25.7 Å². The molecular formula is C23H32N4O2. The van der Waals surface area contributed by atoms with Crippen molar-refractivity contribution in [3.05, 3.63) is 48.3 Å². The first-order chi connectivity index (χ1) is 14.0. The third kappa shape index (κ3) is 4.32. The van der Waals surface area contributed by atoms with Crippen LogP contribution in [0.4, 0.5) is 0 Å². The van der Waals surface area contributed by atoms with Crippen LogP contribution in [0.25, 0.3) is 0 Å². The van der Waals surface area contributed by atoms with Crippen molar-refractivity contribution in [1.29, 1.82) is 0 Å². The molecule has 0 N–H and O–H groups in total. The van der Waals surface area contributed by atoms with Crippen LogP contribution in [-0.4, -0.2) is 57.8 Å². The van der Waals surface area contributed by atoms with Crippen molar-refractivity contribution in [3.63, 3.8) is 0 Å². The van der Waals surface area contributed by atoms with Crippen LogP contribution in [0.15, 0.2) is 42.7 Å². The smallest absolute Gasteiger partial charge is 0.227 e. The van der Waals surface area contributed by atoms with E-state index in [-0.39, 0.29) is 17.4 Å². The molecule has 1 saturated carbocycles. The zero-order chi connectivity index (χ0) is 20.4. The van der Waals surface area contributed by atoms with Gasteiger partial charge in [-0.1, -0.05) is 25.1 Å². The van der Waals surface area contributed by atoms with E-state index in [4.69, 9.17) is 4.74 Å². The van der Waals surface area contributed by atoms with Crippen molar-refractivity contribution in [3.8, 4) is 5.75 Å². The van der Waals surface area contributed by atoms with E-state index in [1.54, 1.807) is 6.20 Å². The van der Waals surface area contributed by atoms with E-state index in [9.17, 15) is 4.79 Å². The number of aromatic nitrogens is 2. The van der Waals surface area contributed by atoms with Crippen molar-refractivity contribution in [2.24, 2.45) is 5.92 Å². The molecule has 6 heteroatoms. The topological polar surface area (TPSA) is 50.6 Å². The maximum atomic E-state index is 13.4. The van der Waals surface area contributed by atoms with Crippen molar-refractivity contribution in [2.75, 3.05) is 20.6 Å². The first kappa shape index (κ1) is 20.0. The summed E-state index contributed by atoms with van der Waals surface area (Å²) >= 11 is 0. The average Bonchev–Trinajstić information content (AvgIpc) is 3.16. The van der Waals surface area contributed by atoms with Crippen LogP contribution in [0.1, 0.15) is 38.2 Å². The molecule has 2 heterocycles. The van der Waals surface area contributed by atoms with Gasteiger partial charge in [-0.15, -0.1) is 0 Å². The molecule has 2 aliphatic rings. The summed E-state index contributed by atoms with van der Waals surface area (Å²) < 4.78 is 8.49. The van der Waals surface area contributed by atoms with E-state index in [1.807, 2.05) is 40.9 Å². The first-order valence-corrected chi connectivity index (χ1v) is 10.7. The highest BCUT2D eigenvalue weighted by Gasteiger charge is 2.43. The fraction of sp³-hybridized carbons (Fsp3) is 0.565. The Bertz CT molecular complexity index is 825. The van der Waals surface area contributed by atoms with Gasteiger partial charge in [0.2, 0.25) is 5.91 Å². The number of hydrogen-bond acceptors (Lipinski definition) is 4. The molecular weight excluding hydrogens is 364 g/mol. The van der Waals surface area contributed by atoms with Gasteiger partial charge in [0, 0.05) is 30.5 Å². The molecule has 1 spiro atoms. The van der Waals surface area contributed by atoms with Crippen molar-refractivity contribution in [1.82, 2.24) is 19.6 Å². The molecule has 1 aromatic carbocycles. The predicted octanol–water partition coefficient (Wildman–Crippen LogP) is 3.18. The number of nitrogens with zero attached hydrogens (tertiary/aromatic N) is 4. The summed E-state index contributed by atoms with van der Waals surface area (Å²) in [6, 6.07) is 10.7. The molecule has 1 aromatic heterocycles. The Morgan fingerprint density at radius 2 is 2.03 bits per heavy atom. The lowest BCUT2D eigenvalue weighted by Crippen LogP contribution is -2.52. The van der Waals surface area contributed by atoms with E-state index >= 15 is 0 Å². The normalized spacial score (nSPS) is 25.4. The number of amides is 1. The SMILES string of the molecule is C[C@@H](Cn1cccn1)C(=O)N1Cc2ccccc2OC2(CCC(N(C)C)CC2)C1. The molecule has 156 valence electrons. The van der Waals surface area contributed by atoms with Gasteiger partial charge >= 0.3 is 0 Å². The van der Waals surface area contributed by atoms with Crippen LogP contribution in [0.3, 0.4) is 0 Å². The summed E-state index contributed by atoms with van der Waals surface area (Å²) in [5.41, 5.74) is 0.805. The van der Waals surface area contributed by atoms with Crippen LogP contribution < -0.4 is 4.74 Å². The molecule has 1 aliphatic heterocycles. The summed E-state index contributed by atoms with van der Waals surface area (Å²) in [5, 5.41) is 4.26. The van der Waals surface area contributed by atoms with Gasteiger partial charge in [-0.25, -0.2) is 0 Å². The number of carbonyl (C=O) groups excluding carboxylic acids is 1. The molecule has 2 aromatic rings. The second-order valence-corrected chi connectivity index (χ2v) is 8.91. The van der Waals surface area contributed by atoms with E-state index < -0.39 is 0 Å². The highest BCUT2D eigenvalue weighted by Crippen LogP contribution is 2.39. The minimum Gasteiger partial charge on any atom is -0.485 e. The van der Waals surface area contributed by atoms with Gasteiger partial charge in [0.15, 0.2) is 0 Å². The van der Waals surface area contributed by atoms with E-state index in [2.05, 4.69) is 36.2 Å². The van der Waals surface area contributed by atoms with Gasteiger partial charge in [0.25, 0.3) is 0 Å². The molecule has 0 radical (unpaired) electrons. The second kappa shape index (κ2) is 8.19. The zero-order valence-corrected chi connectivity index (χ0v) is 17.8. The largest absolute Gasteiger partial charge is 0.485 e. The van der Waals surface area contributed by atoms with Gasteiger partial charge in [-0.05, 0) is 51.9 Å². The molecule has 6 nitrogen and oxygen atoms in total. The lowest BCUT2D eigenvalue weighted by molar-refractivity contribution is -0.139. The molecule has 0 bridgehead atoms. The van der Waals surface area contributed by atoms with Crippen LogP contribution >= 0.6 is 0 Å². The quantitative estimate of drug-likeness (QED) is 0.797. The third-order valence-electron chi connectivity index (χ3n) is 6.49. The lowest BCUT2D eigenvalue weighted by atomic mass is 9.81. The maximum Gasteiger partial charge on any atom is 0.227 e. The Morgan fingerprint density at radius 3 is 2.72 bits per heavy atom. The zero-order valence-electron chi connectivity index (χ0n) is 17.8. The fourth-order valence-corrected chi connectivity index (χ4v) is 4.75. The van der Waals surface area contributed by atoms with Gasteiger partial charge < -0.3 is 14.5 Å². The second-order valence-electron chi connectivity index (χ2n) is 8.91. The van der Waals surface area contributed by atoms with Gasteiger partial charge in [-0.3, -0.25) is 9.48 Å². The van der Waals surface area contributed by atoms with Crippen LogP contribution in [0.5, 0.6) is 5.75 Å². The summed E-state index contributed by atoms with van der Waals surface area (Å²) in [6.45, 7) is 3.86. The van der Waals surface area contributed by atoms with Crippen molar-refractivity contribution in [2.45, 2.75) is 57.3 Å². The average molecular weight is 397 g/mol. The van der Waals surface area contributed by atoms with Gasteiger partial charge in [-0.2, -0.15) is 5.10 Å². The maximum absolute atomic E-state index is 13.4. The van der Waals surface area contributed by atoms with Crippen molar-refractivity contribution >= 4 is 5.91 Å². The lowest BCUT2D eigenvalue weighted by Gasteiger charge is -2.43. The van der Waals surface area contributed by atoms with Crippen molar-refractivity contribution < 1.29 is 9.53 Å². The summed E-state index contributed by atoms with van der Waals surface area (Å²) in [4.78, 5) is 17.7. The molecule has 0 unspecified atom stereocenters. The number of hydrogen-bond donors (Lipinski definition) is 0. The third-order valence-corrected chi connectivity index (χ3v) is 6.49. The number of ether oxygens (including phenoxy) is 1. The molecule has 0 saturated heterocycles. The summed E-state index contributed by atoms with van der Waals surface area (Å²) in [5.74, 6) is 0.982. The van der Waals surface area contributed by atoms with Crippen LogP contribution in [0, 0.1) is 5.92 Å². The van der Waals surface area contributed by atoms with Crippen LogP contribution in [0.2, 0.25) is 0 Å². The number of fused-ring (bicyclic) bond motifs is 1. The summed E-state index contributed by atoms with van der Waals surface area (Å²) in [6.07, 6.45) is 7.81. The Balaban J connectivity index is 1.56. The minimum absolute atomic E-state index is 0.129. The molecule has 1 atom stereocenters. The molecule has 1 amide bonds. The number of rotatable bonds is 4. The Labute approximate surface area is 173 Å². The van der Waals surface area contributed by atoms with Gasteiger partial charge in [0.1, 0.15) is 11.4 Å². The highest BCUT2D eigenvalue weighted by atomic mass is 16.5. The molecule has 29 heavy (non-hydrogen) atoms. The molecule has 4 rings (SSSR count). The van der Waals surface area contributed by atoms with Crippen LogP contribution in [-0.2, 0) is 17.9 Å². The Hall–Kier alpha value is -2.34. The number of carbonyl (C=O) groups is 1. The Kier molecular flexibility index (Phi) is 5.63. The molecule has 1 aliphatic carbocycles. The molecule has 1 fully saturated rings. The summed E-state index contributed by atoms with van der Waals surface area (Å²) in [7, 11) is 4.30. The standard InChI is InChI=1S/C23H32N4O2/c1-18(15-27-14-6-13-24-27)22(28)26-16-19-7-4-5-8-21(19)29-23(17-26)11-9-20(10-12-23)25(2)3/h4-8,13-14,18,20H,9-12,15-17H2,1-3H3/t18-,20?,23?/m0/s1. The number of benzene rings is 1. The fourth-order valence-electron chi connectivity index (χ4n) is 4.75.